The van der Waals surface area contributed by atoms with E-state index in [0.29, 0.717) is 11.7 Å². The van der Waals surface area contributed by atoms with Gasteiger partial charge in [-0.2, -0.15) is 0 Å². The number of para-hydroxylation sites is 1. The normalized spacial score (nSPS) is 17.8. The molecule has 1 aliphatic heterocycles. The minimum Gasteiger partial charge on any atom is -0.508 e. The van der Waals surface area contributed by atoms with Crippen LogP contribution in [0.2, 0.25) is 0 Å². The number of benzene rings is 3. The van der Waals surface area contributed by atoms with E-state index in [9.17, 15) is 24.3 Å². The third-order valence-corrected chi connectivity index (χ3v) is 8.02. The molecule has 0 bridgehead atoms. The van der Waals surface area contributed by atoms with Gasteiger partial charge < -0.3 is 35.4 Å². The Balaban J connectivity index is 1.49. The summed E-state index contributed by atoms with van der Waals surface area (Å²) in [6.07, 6.45) is 0.0507. The van der Waals surface area contributed by atoms with Crippen LogP contribution in [0.3, 0.4) is 0 Å². The smallest absolute Gasteiger partial charge is 0.255 e. The van der Waals surface area contributed by atoms with Crippen molar-refractivity contribution in [2.24, 2.45) is 0 Å². The fraction of sp³-hybridized carbons (Fsp3) is 0.389. The number of hydrogen-bond donors (Lipinski definition) is 4. The zero-order valence-electron chi connectivity index (χ0n) is 27.4. The van der Waals surface area contributed by atoms with Crippen molar-refractivity contribution in [1.29, 1.82) is 0 Å². The van der Waals surface area contributed by atoms with Crippen LogP contribution in [0, 0.1) is 6.92 Å². The maximum Gasteiger partial charge on any atom is 0.255 e. The van der Waals surface area contributed by atoms with Crippen molar-refractivity contribution in [3.05, 3.63) is 89.0 Å². The average Bonchev–Trinajstić information content (AvgIpc) is 3.05. The van der Waals surface area contributed by atoms with Gasteiger partial charge in [-0.05, 0) is 66.3 Å². The van der Waals surface area contributed by atoms with Gasteiger partial charge in [-0.25, -0.2) is 0 Å². The van der Waals surface area contributed by atoms with Gasteiger partial charge in [0.05, 0.1) is 18.7 Å². The number of ether oxygens (including phenoxy) is 2. The summed E-state index contributed by atoms with van der Waals surface area (Å²) in [4.78, 5) is 54.9. The van der Waals surface area contributed by atoms with Crippen LogP contribution in [-0.2, 0) is 20.8 Å². The Hall–Kier alpha value is -5.06. The second-order valence-electron chi connectivity index (χ2n) is 12.0. The summed E-state index contributed by atoms with van der Waals surface area (Å²) in [5, 5.41) is 18.1. The van der Waals surface area contributed by atoms with Crippen molar-refractivity contribution in [2.75, 3.05) is 33.4 Å². The molecule has 0 spiro atoms. The van der Waals surface area contributed by atoms with E-state index in [-0.39, 0.29) is 62.8 Å². The van der Waals surface area contributed by atoms with Crippen molar-refractivity contribution < 1.29 is 33.8 Å². The van der Waals surface area contributed by atoms with E-state index in [2.05, 4.69) is 35.9 Å². The first-order valence-electron chi connectivity index (χ1n) is 15.9. The number of aryl methyl sites for hydroxylation is 1. The number of carbonyl (C=O) groups excluding carboxylic acids is 4. The van der Waals surface area contributed by atoms with Gasteiger partial charge in [0.1, 0.15) is 42.5 Å². The first-order valence-corrected chi connectivity index (χ1v) is 15.9. The van der Waals surface area contributed by atoms with Crippen LogP contribution < -0.4 is 25.4 Å². The maximum absolute atomic E-state index is 13.5. The molecule has 0 radical (unpaired) electrons. The van der Waals surface area contributed by atoms with Crippen LogP contribution in [0.25, 0.3) is 0 Å². The third-order valence-electron chi connectivity index (χ3n) is 8.02. The predicted molar refractivity (Wildman–Crippen MR) is 178 cm³/mol. The zero-order chi connectivity index (χ0) is 33.9. The lowest BCUT2D eigenvalue weighted by Gasteiger charge is -2.25. The molecule has 11 heteroatoms. The van der Waals surface area contributed by atoms with Gasteiger partial charge >= 0.3 is 0 Å². The van der Waals surface area contributed by atoms with E-state index in [1.54, 1.807) is 43.4 Å². The van der Waals surface area contributed by atoms with E-state index < -0.39 is 29.8 Å². The molecule has 0 unspecified atom stereocenters. The molecule has 3 aromatic rings. The van der Waals surface area contributed by atoms with Gasteiger partial charge in [-0.3, -0.25) is 19.2 Å². The van der Waals surface area contributed by atoms with Crippen LogP contribution in [-0.4, -0.2) is 79.1 Å². The number of amides is 4. The molecular weight excluding hydrogens is 600 g/mol. The molecule has 0 aromatic heterocycles. The number of nitrogens with one attached hydrogen (secondary N) is 3. The molecule has 3 aromatic carbocycles. The number of likely N-dealkylation sites (N-methyl/N-ethyl adjacent to an activating group) is 1. The molecule has 2 atom stereocenters. The highest BCUT2D eigenvalue weighted by Gasteiger charge is 2.28. The fourth-order valence-corrected chi connectivity index (χ4v) is 5.15. The van der Waals surface area contributed by atoms with Crippen LogP contribution in [0.5, 0.6) is 17.2 Å². The molecule has 1 heterocycles. The van der Waals surface area contributed by atoms with Crippen LogP contribution in [0.4, 0.5) is 0 Å². The topological polar surface area (TPSA) is 146 Å². The predicted octanol–water partition coefficient (Wildman–Crippen LogP) is 3.48. The lowest BCUT2D eigenvalue weighted by molar-refractivity contribution is -0.135. The lowest BCUT2D eigenvalue weighted by atomic mass is 10.0. The number of aromatic hydroxyl groups is 1. The zero-order valence-corrected chi connectivity index (χ0v) is 27.4. The van der Waals surface area contributed by atoms with Crippen molar-refractivity contribution in [2.45, 2.75) is 58.0 Å². The number of nitrogens with zero attached hydrogens (tertiary/aromatic N) is 1. The summed E-state index contributed by atoms with van der Waals surface area (Å²) in [6, 6.07) is 17.2. The van der Waals surface area contributed by atoms with Crippen LogP contribution in [0.15, 0.2) is 66.7 Å². The number of hydrogen-bond acceptors (Lipinski definition) is 7. The molecule has 1 aliphatic rings. The van der Waals surface area contributed by atoms with Crippen molar-refractivity contribution >= 4 is 23.6 Å². The SMILES string of the molecule is Cc1ccc(C(C)C)cc1OCCNC(=O)[C@@H]1CCC(=O)N[C@@H](Cc2ccc(O)cc2)C(=O)N(C)CCOc2ccccc2C(=O)N1. The summed E-state index contributed by atoms with van der Waals surface area (Å²) in [6.45, 7) is 6.85. The van der Waals surface area contributed by atoms with E-state index in [1.165, 1.54) is 17.0 Å². The Bertz CT molecular complexity index is 1560. The first kappa shape index (κ1) is 34.8. The van der Waals surface area contributed by atoms with Gasteiger partial charge in [0.2, 0.25) is 17.7 Å². The average molecular weight is 645 g/mol. The number of phenols is 1. The monoisotopic (exact) mass is 644 g/mol. The molecular formula is C36H44N4O7. The van der Waals surface area contributed by atoms with Gasteiger partial charge in [-0.1, -0.05) is 50.2 Å². The highest BCUT2D eigenvalue weighted by molar-refractivity contribution is 5.99. The molecule has 0 saturated heterocycles. The van der Waals surface area contributed by atoms with Gasteiger partial charge in [0, 0.05) is 19.9 Å². The molecule has 47 heavy (non-hydrogen) atoms. The Kier molecular flexibility index (Phi) is 12.2. The number of fused-ring (bicyclic) bond motifs is 1. The summed E-state index contributed by atoms with van der Waals surface area (Å²) in [5.74, 6) is -0.284. The standard InChI is InChI=1S/C36H44N4O7/c1-23(2)26-12-9-24(3)32(22-26)46-19-17-37-35(44)29-15-16-33(42)38-30(21-25-10-13-27(41)14-11-25)36(45)40(4)18-20-47-31-8-6-5-7-28(31)34(43)39-29/h5-14,22-23,29-30,41H,15-21H2,1-4H3,(H,37,44)(H,38,42)(H,39,43)/t29-,30-/m0/s1. The van der Waals surface area contributed by atoms with Crippen LogP contribution in [0.1, 0.15) is 59.7 Å². The quantitative estimate of drug-likeness (QED) is 0.275. The summed E-state index contributed by atoms with van der Waals surface area (Å²) >= 11 is 0. The van der Waals surface area contributed by atoms with E-state index in [1.807, 2.05) is 19.1 Å². The van der Waals surface area contributed by atoms with E-state index in [0.717, 1.165) is 22.4 Å². The lowest BCUT2D eigenvalue weighted by Crippen LogP contribution is -2.50. The number of rotatable bonds is 8. The molecule has 0 aliphatic carbocycles. The van der Waals surface area contributed by atoms with Crippen molar-refractivity contribution in [3.8, 4) is 17.2 Å². The van der Waals surface area contributed by atoms with Gasteiger partial charge in [0.25, 0.3) is 5.91 Å². The number of phenolic OH excluding ortho intramolecular Hbond substituents is 1. The van der Waals surface area contributed by atoms with E-state index in [4.69, 9.17) is 9.47 Å². The molecule has 4 rings (SSSR count). The molecule has 4 amide bonds. The summed E-state index contributed by atoms with van der Waals surface area (Å²) in [5.41, 5.74) is 3.10. The van der Waals surface area contributed by atoms with Crippen molar-refractivity contribution in [1.82, 2.24) is 20.9 Å². The summed E-state index contributed by atoms with van der Waals surface area (Å²) < 4.78 is 11.9. The molecule has 4 N–H and O–H groups in total. The number of carbonyl (C=O) groups is 4. The highest BCUT2D eigenvalue weighted by atomic mass is 16.5. The Morgan fingerprint density at radius 2 is 1.81 bits per heavy atom. The fourth-order valence-electron chi connectivity index (χ4n) is 5.15. The molecule has 250 valence electrons. The van der Waals surface area contributed by atoms with Gasteiger partial charge in [0.15, 0.2) is 0 Å². The minimum atomic E-state index is -1.05. The first-order chi connectivity index (χ1) is 22.5. The second kappa shape index (κ2) is 16.5. The maximum atomic E-state index is 13.5. The highest BCUT2D eigenvalue weighted by Crippen LogP contribution is 2.24. The molecule has 0 fully saturated rings. The Labute approximate surface area is 275 Å². The Morgan fingerprint density at radius 1 is 1.06 bits per heavy atom. The van der Waals surface area contributed by atoms with Crippen LogP contribution >= 0.6 is 0 Å². The Morgan fingerprint density at radius 3 is 2.55 bits per heavy atom. The van der Waals surface area contributed by atoms with Gasteiger partial charge in [-0.15, -0.1) is 0 Å². The van der Waals surface area contributed by atoms with Crippen molar-refractivity contribution in [3.63, 3.8) is 0 Å². The minimum absolute atomic E-state index is 0.0151. The molecule has 11 nitrogen and oxygen atoms in total. The molecule has 0 saturated carbocycles. The second-order valence-corrected chi connectivity index (χ2v) is 12.0. The third kappa shape index (κ3) is 9.96. The summed E-state index contributed by atoms with van der Waals surface area (Å²) in [7, 11) is 1.62. The van der Waals surface area contributed by atoms with E-state index >= 15 is 0 Å². The largest absolute Gasteiger partial charge is 0.508 e.